The Hall–Kier alpha value is -1.68. The van der Waals surface area contributed by atoms with Crippen LogP contribution in [-0.4, -0.2) is 9.97 Å². The van der Waals surface area contributed by atoms with Crippen LogP contribution < -0.4 is 4.74 Å². The second-order valence-electron chi connectivity index (χ2n) is 3.01. The molecule has 0 N–H and O–H groups in total. The van der Waals surface area contributed by atoms with Crippen molar-refractivity contribution in [2.75, 3.05) is 0 Å². The number of pyridine rings is 2. The lowest BCUT2D eigenvalue weighted by molar-refractivity contribution is 0.418. The van der Waals surface area contributed by atoms with Gasteiger partial charge in [0, 0.05) is 18.0 Å². The molecule has 2 heterocycles. The quantitative estimate of drug-likeness (QED) is 0.771. The fourth-order valence-corrected chi connectivity index (χ4v) is 1.36. The standard InChI is InChI=1S/C11H8ClFN2O/c12-6-8-3-5-15-11(10(8)13)16-9-2-1-4-14-7-9/h1-5,7H,6H2. The maximum absolute atomic E-state index is 13.7. The third-order valence-electron chi connectivity index (χ3n) is 1.93. The molecule has 3 nitrogen and oxygen atoms in total. The van der Waals surface area contributed by atoms with Crippen molar-refractivity contribution < 1.29 is 9.13 Å². The molecule has 2 aromatic rings. The van der Waals surface area contributed by atoms with Gasteiger partial charge in [0.2, 0.25) is 0 Å². The molecule has 0 unspecified atom stereocenters. The lowest BCUT2D eigenvalue weighted by Crippen LogP contribution is -1.95. The Labute approximate surface area is 96.9 Å². The predicted molar refractivity (Wildman–Crippen MR) is 58.1 cm³/mol. The molecule has 0 aliphatic heterocycles. The van der Waals surface area contributed by atoms with Crippen molar-refractivity contribution in [2.24, 2.45) is 0 Å². The number of hydrogen-bond acceptors (Lipinski definition) is 3. The van der Waals surface area contributed by atoms with E-state index in [1.165, 1.54) is 18.5 Å². The summed E-state index contributed by atoms with van der Waals surface area (Å²) in [7, 11) is 0. The van der Waals surface area contributed by atoms with E-state index in [1.807, 2.05) is 0 Å². The van der Waals surface area contributed by atoms with Gasteiger partial charge in [-0.25, -0.2) is 9.37 Å². The molecule has 0 aliphatic rings. The number of hydrogen-bond donors (Lipinski definition) is 0. The third-order valence-corrected chi connectivity index (χ3v) is 2.22. The van der Waals surface area contributed by atoms with Crippen LogP contribution in [0, 0.1) is 5.82 Å². The van der Waals surface area contributed by atoms with Gasteiger partial charge >= 0.3 is 0 Å². The Morgan fingerprint density at radius 1 is 1.31 bits per heavy atom. The topological polar surface area (TPSA) is 35.0 Å². The van der Waals surface area contributed by atoms with Crippen molar-refractivity contribution >= 4 is 11.6 Å². The first-order chi connectivity index (χ1) is 7.81. The van der Waals surface area contributed by atoms with Crippen molar-refractivity contribution in [1.82, 2.24) is 9.97 Å². The van der Waals surface area contributed by atoms with Crippen LogP contribution in [0.3, 0.4) is 0 Å². The summed E-state index contributed by atoms with van der Waals surface area (Å²) in [5, 5.41) is 0. The molecule has 16 heavy (non-hydrogen) atoms. The van der Waals surface area contributed by atoms with E-state index in [9.17, 15) is 4.39 Å². The highest BCUT2D eigenvalue weighted by Gasteiger charge is 2.10. The minimum atomic E-state index is -0.540. The first-order valence-corrected chi connectivity index (χ1v) is 5.12. The lowest BCUT2D eigenvalue weighted by Gasteiger charge is -2.06. The van der Waals surface area contributed by atoms with Crippen molar-refractivity contribution in [3.8, 4) is 11.6 Å². The van der Waals surface area contributed by atoms with E-state index in [0.717, 1.165) is 0 Å². The monoisotopic (exact) mass is 238 g/mol. The maximum atomic E-state index is 13.7. The molecular weight excluding hydrogens is 231 g/mol. The van der Waals surface area contributed by atoms with Crippen LogP contribution in [0.1, 0.15) is 5.56 Å². The van der Waals surface area contributed by atoms with Gasteiger partial charge in [-0.05, 0) is 18.2 Å². The number of alkyl halides is 1. The zero-order chi connectivity index (χ0) is 11.4. The summed E-state index contributed by atoms with van der Waals surface area (Å²) in [5.74, 6) is -0.120. The number of halogens is 2. The summed E-state index contributed by atoms with van der Waals surface area (Å²) in [6, 6.07) is 4.87. The summed E-state index contributed by atoms with van der Waals surface area (Å²) in [4.78, 5) is 7.65. The van der Waals surface area contributed by atoms with Crippen LogP contribution in [0.25, 0.3) is 0 Å². The fourth-order valence-electron chi connectivity index (χ4n) is 1.16. The average molecular weight is 239 g/mol. The molecular formula is C11H8ClFN2O. The van der Waals surface area contributed by atoms with Gasteiger partial charge in [0.15, 0.2) is 5.82 Å². The van der Waals surface area contributed by atoms with Gasteiger partial charge in [-0.2, -0.15) is 0 Å². The van der Waals surface area contributed by atoms with Gasteiger partial charge in [-0.15, -0.1) is 11.6 Å². The van der Waals surface area contributed by atoms with E-state index in [4.69, 9.17) is 16.3 Å². The van der Waals surface area contributed by atoms with Gasteiger partial charge in [-0.1, -0.05) is 0 Å². The molecule has 0 aromatic carbocycles. The van der Waals surface area contributed by atoms with Crippen LogP contribution in [0.5, 0.6) is 11.6 Å². The molecule has 0 saturated heterocycles. The molecule has 0 spiro atoms. The van der Waals surface area contributed by atoms with E-state index in [1.54, 1.807) is 18.3 Å². The average Bonchev–Trinajstić information content (AvgIpc) is 2.33. The predicted octanol–water partition coefficient (Wildman–Crippen LogP) is 3.15. The lowest BCUT2D eigenvalue weighted by atomic mass is 10.3. The molecule has 2 rings (SSSR count). The van der Waals surface area contributed by atoms with Crippen LogP contribution in [0.4, 0.5) is 4.39 Å². The Balaban J connectivity index is 2.28. The number of rotatable bonds is 3. The van der Waals surface area contributed by atoms with Crippen molar-refractivity contribution in [3.05, 3.63) is 48.2 Å². The minimum absolute atomic E-state index is 0.0811. The maximum Gasteiger partial charge on any atom is 0.256 e. The Bertz CT molecular complexity index is 479. The number of nitrogens with zero attached hydrogens (tertiary/aromatic N) is 2. The Kier molecular flexibility index (Phi) is 3.31. The summed E-state index contributed by atoms with van der Waals surface area (Å²) >= 11 is 5.57. The van der Waals surface area contributed by atoms with Crippen molar-refractivity contribution in [1.29, 1.82) is 0 Å². The molecule has 0 aliphatic carbocycles. The summed E-state index contributed by atoms with van der Waals surface area (Å²) in [5.41, 5.74) is 0.357. The molecule has 0 atom stereocenters. The summed E-state index contributed by atoms with van der Waals surface area (Å²) < 4.78 is 18.9. The van der Waals surface area contributed by atoms with Gasteiger partial charge in [0.05, 0.1) is 12.1 Å². The van der Waals surface area contributed by atoms with Gasteiger partial charge in [0.25, 0.3) is 5.88 Å². The van der Waals surface area contributed by atoms with Crippen molar-refractivity contribution in [2.45, 2.75) is 5.88 Å². The Morgan fingerprint density at radius 3 is 2.88 bits per heavy atom. The Morgan fingerprint density at radius 2 is 2.19 bits per heavy atom. The number of ether oxygens (including phenoxy) is 1. The van der Waals surface area contributed by atoms with E-state index in [-0.39, 0.29) is 11.8 Å². The van der Waals surface area contributed by atoms with E-state index < -0.39 is 5.82 Å². The van der Waals surface area contributed by atoms with E-state index in [0.29, 0.717) is 11.3 Å². The first-order valence-electron chi connectivity index (χ1n) is 4.58. The molecule has 0 saturated carbocycles. The molecule has 0 radical (unpaired) electrons. The van der Waals surface area contributed by atoms with Crippen LogP contribution in [0.15, 0.2) is 36.8 Å². The zero-order valence-electron chi connectivity index (χ0n) is 8.23. The van der Waals surface area contributed by atoms with E-state index >= 15 is 0 Å². The van der Waals surface area contributed by atoms with Gasteiger partial charge in [0.1, 0.15) is 5.75 Å². The zero-order valence-corrected chi connectivity index (χ0v) is 8.99. The number of aromatic nitrogens is 2. The first kappa shape index (κ1) is 10.8. The van der Waals surface area contributed by atoms with Gasteiger partial charge in [-0.3, -0.25) is 4.98 Å². The SMILES string of the molecule is Fc1c(CCl)ccnc1Oc1cccnc1. The van der Waals surface area contributed by atoms with Crippen LogP contribution in [-0.2, 0) is 5.88 Å². The summed E-state index contributed by atoms with van der Waals surface area (Å²) in [6.07, 6.45) is 4.53. The van der Waals surface area contributed by atoms with Gasteiger partial charge < -0.3 is 4.74 Å². The minimum Gasteiger partial charge on any atom is -0.435 e. The molecule has 0 amide bonds. The highest BCUT2D eigenvalue weighted by Crippen LogP contribution is 2.23. The molecule has 2 aromatic heterocycles. The third kappa shape index (κ3) is 2.28. The molecule has 82 valence electrons. The highest BCUT2D eigenvalue weighted by molar-refractivity contribution is 6.17. The molecule has 0 bridgehead atoms. The highest BCUT2D eigenvalue weighted by atomic mass is 35.5. The van der Waals surface area contributed by atoms with E-state index in [2.05, 4.69) is 9.97 Å². The normalized spacial score (nSPS) is 10.1. The second-order valence-corrected chi connectivity index (χ2v) is 3.28. The fraction of sp³-hybridized carbons (Fsp3) is 0.0909. The largest absolute Gasteiger partial charge is 0.435 e. The van der Waals surface area contributed by atoms with Crippen LogP contribution in [0.2, 0.25) is 0 Å². The second kappa shape index (κ2) is 4.90. The van der Waals surface area contributed by atoms with Crippen molar-refractivity contribution in [3.63, 3.8) is 0 Å². The summed E-state index contributed by atoms with van der Waals surface area (Å²) in [6.45, 7) is 0. The smallest absolute Gasteiger partial charge is 0.256 e. The van der Waals surface area contributed by atoms with Crippen LogP contribution >= 0.6 is 11.6 Å². The molecule has 5 heteroatoms. The molecule has 0 fully saturated rings.